The third kappa shape index (κ3) is 3.80. The summed E-state index contributed by atoms with van der Waals surface area (Å²) in [4.78, 5) is 15.7. The summed E-state index contributed by atoms with van der Waals surface area (Å²) in [5.41, 5.74) is 2.49. The number of nitrogens with one attached hydrogen (secondary N) is 2. The summed E-state index contributed by atoms with van der Waals surface area (Å²) in [7, 11) is 1.61. The average Bonchev–Trinajstić information content (AvgIpc) is 2.81. The van der Waals surface area contributed by atoms with Crippen LogP contribution in [0.5, 0.6) is 11.5 Å². The highest BCUT2D eigenvalue weighted by Crippen LogP contribution is 2.50. The summed E-state index contributed by atoms with van der Waals surface area (Å²) in [6, 6.07) is 20.8. The van der Waals surface area contributed by atoms with Crippen molar-refractivity contribution >= 4 is 50.5 Å². The molecule has 1 amide bonds. The van der Waals surface area contributed by atoms with Crippen molar-refractivity contribution in [3.63, 3.8) is 0 Å². The van der Waals surface area contributed by atoms with Crippen molar-refractivity contribution in [2.45, 2.75) is 25.6 Å². The molecular formula is C26H24BrN3O3S. The van der Waals surface area contributed by atoms with Crippen LogP contribution in [0.4, 0.5) is 11.4 Å². The molecule has 0 spiro atoms. The fraction of sp³-hybridized carbons (Fsp3) is 0.231. The highest BCUT2D eigenvalue weighted by Gasteiger charge is 2.59. The predicted molar refractivity (Wildman–Crippen MR) is 140 cm³/mol. The van der Waals surface area contributed by atoms with E-state index in [0.29, 0.717) is 10.8 Å². The zero-order chi connectivity index (χ0) is 24.0. The Hall–Kier alpha value is -3.10. The van der Waals surface area contributed by atoms with Crippen LogP contribution in [0, 0.1) is 12.8 Å². The van der Waals surface area contributed by atoms with E-state index in [0.717, 1.165) is 32.8 Å². The number of nitrogens with zero attached hydrogens (tertiary/aromatic N) is 1. The normalized spacial score (nSPS) is 22.8. The van der Waals surface area contributed by atoms with E-state index in [1.807, 2.05) is 85.5 Å². The van der Waals surface area contributed by atoms with Gasteiger partial charge in [0.2, 0.25) is 5.91 Å². The summed E-state index contributed by atoms with van der Waals surface area (Å²) in [6.07, 6.45) is 0. The molecule has 2 aliphatic rings. The van der Waals surface area contributed by atoms with Gasteiger partial charge in [0.1, 0.15) is 17.4 Å². The van der Waals surface area contributed by atoms with E-state index < -0.39 is 11.6 Å². The molecule has 2 N–H and O–H groups in total. The molecule has 3 aromatic rings. The average molecular weight is 538 g/mol. The Bertz CT molecular complexity index is 1270. The van der Waals surface area contributed by atoms with Crippen molar-refractivity contribution in [2.75, 3.05) is 17.3 Å². The van der Waals surface area contributed by atoms with Gasteiger partial charge in [-0.2, -0.15) is 0 Å². The van der Waals surface area contributed by atoms with E-state index in [-0.39, 0.29) is 11.9 Å². The van der Waals surface area contributed by atoms with Crippen LogP contribution < -0.4 is 25.0 Å². The molecule has 0 radical (unpaired) electrons. The minimum atomic E-state index is -1.06. The Balaban J connectivity index is 1.59. The zero-order valence-corrected chi connectivity index (χ0v) is 21.4. The summed E-state index contributed by atoms with van der Waals surface area (Å²) in [5, 5.41) is 7.00. The van der Waals surface area contributed by atoms with Crippen LogP contribution in [0.15, 0.2) is 71.2 Å². The molecule has 0 aromatic heterocycles. The van der Waals surface area contributed by atoms with Crippen molar-refractivity contribution in [3.8, 4) is 11.5 Å². The minimum absolute atomic E-state index is 0.171. The Kier molecular flexibility index (Phi) is 5.73. The summed E-state index contributed by atoms with van der Waals surface area (Å²) in [6.45, 7) is 3.96. The first kappa shape index (κ1) is 22.7. The number of anilines is 2. The molecule has 1 fully saturated rings. The molecule has 174 valence electrons. The van der Waals surface area contributed by atoms with E-state index in [9.17, 15) is 4.79 Å². The lowest BCUT2D eigenvalue weighted by molar-refractivity contribution is -0.130. The van der Waals surface area contributed by atoms with Gasteiger partial charge >= 0.3 is 0 Å². The van der Waals surface area contributed by atoms with E-state index in [2.05, 4.69) is 26.6 Å². The standard InChI is InChI=1S/C26H24BrN3O3S/c1-15-4-9-18(10-5-15)30-25(34)29-23-20-14-16(27)6-13-21(20)33-26(30,2)22(23)24(31)28-17-7-11-19(32-3)12-8-17/h4-14,22-23H,1-3H3,(H,28,31)(H,29,34)/t22-,23-,26+/m1/s1. The van der Waals surface area contributed by atoms with Gasteiger partial charge in [0.15, 0.2) is 10.8 Å². The van der Waals surface area contributed by atoms with Crippen molar-refractivity contribution < 1.29 is 14.3 Å². The SMILES string of the molecule is COc1ccc(NC(=O)[C@H]2[C@@H]3NC(=S)N(c4ccc(C)cc4)[C@@]2(C)Oc2ccc(Br)cc23)cc1. The van der Waals surface area contributed by atoms with Gasteiger partial charge in [-0.25, -0.2) is 0 Å². The number of thiocarbonyl (C=S) groups is 1. The number of hydrogen-bond donors (Lipinski definition) is 2. The monoisotopic (exact) mass is 537 g/mol. The molecule has 2 bridgehead atoms. The predicted octanol–water partition coefficient (Wildman–Crippen LogP) is 5.57. The highest BCUT2D eigenvalue weighted by atomic mass is 79.9. The molecule has 5 rings (SSSR count). The number of rotatable bonds is 4. The number of benzene rings is 3. The summed E-state index contributed by atoms with van der Waals surface area (Å²) < 4.78 is 12.8. The second-order valence-corrected chi connectivity index (χ2v) is 9.93. The van der Waals surface area contributed by atoms with Crippen LogP contribution in [0.25, 0.3) is 0 Å². The van der Waals surface area contributed by atoms with Crippen LogP contribution >= 0.6 is 28.1 Å². The summed E-state index contributed by atoms with van der Waals surface area (Å²) >= 11 is 9.35. The van der Waals surface area contributed by atoms with Gasteiger partial charge in [-0.15, -0.1) is 0 Å². The number of carbonyl (C=O) groups excluding carboxylic acids is 1. The van der Waals surface area contributed by atoms with Crippen LogP contribution in [0.2, 0.25) is 0 Å². The second-order valence-electron chi connectivity index (χ2n) is 8.63. The number of halogens is 1. The van der Waals surface area contributed by atoms with Gasteiger partial charge < -0.3 is 20.1 Å². The first-order valence-corrected chi connectivity index (χ1v) is 12.1. The molecule has 6 nitrogen and oxygen atoms in total. The van der Waals surface area contributed by atoms with Crippen molar-refractivity contribution in [1.29, 1.82) is 0 Å². The Labute approximate surface area is 212 Å². The number of ether oxygens (including phenoxy) is 2. The Morgan fingerprint density at radius 1 is 1.15 bits per heavy atom. The molecule has 2 aliphatic heterocycles. The van der Waals surface area contributed by atoms with Crippen molar-refractivity contribution in [1.82, 2.24) is 5.32 Å². The van der Waals surface area contributed by atoms with Gasteiger partial charge in [0, 0.05) is 21.4 Å². The zero-order valence-electron chi connectivity index (χ0n) is 19.0. The maximum Gasteiger partial charge on any atom is 0.236 e. The van der Waals surface area contributed by atoms with Crippen molar-refractivity contribution in [2.24, 2.45) is 5.92 Å². The maximum atomic E-state index is 13.8. The molecular weight excluding hydrogens is 514 g/mol. The third-order valence-electron chi connectivity index (χ3n) is 6.39. The van der Waals surface area contributed by atoms with Gasteiger partial charge in [-0.05, 0) is 80.7 Å². The molecule has 34 heavy (non-hydrogen) atoms. The van der Waals surface area contributed by atoms with E-state index in [4.69, 9.17) is 21.7 Å². The van der Waals surface area contributed by atoms with Crippen molar-refractivity contribution in [3.05, 3.63) is 82.3 Å². The third-order valence-corrected chi connectivity index (χ3v) is 7.19. The Morgan fingerprint density at radius 2 is 1.85 bits per heavy atom. The lowest BCUT2D eigenvalue weighted by Crippen LogP contribution is -2.72. The molecule has 8 heteroatoms. The molecule has 0 unspecified atom stereocenters. The number of methoxy groups -OCH3 is 1. The minimum Gasteiger partial charge on any atom is -0.497 e. The molecule has 3 aromatic carbocycles. The fourth-order valence-corrected chi connectivity index (χ4v) is 5.52. The quantitative estimate of drug-likeness (QED) is 0.424. The first-order chi connectivity index (χ1) is 16.3. The highest BCUT2D eigenvalue weighted by molar-refractivity contribution is 9.10. The smallest absolute Gasteiger partial charge is 0.236 e. The van der Waals surface area contributed by atoms with Gasteiger partial charge in [0.05, 0.1) is 13.2 Å². The summed E-state index contributed by atoms with van der Waals surface area (Å²) in [5.74, 6) is 0.662. The van der Waals surface area contributed by atoms with Crippen LogP contribution in [0.3, 0.4) is 0 Å². The number of hydrogen-bond acceptors (Lipinski definition) is 4. The topological polar surface area (TPSA) is 62.8 Å². The van der Waals surface area contributed by atoms with Crippen LogP contribution in [0.1, 0.15) is 24.1 Å². The molecule has 1 saturated heterocycles. The molecule has 3 atom stereocenters. The maximum absolute atomic E-state index is 13.8. The fourth-order valence-electron chi connectivity index (χ4n) is 4.73. The molecule has 0 aliphatic carbocycles. The first-order valence-electron chi connectivity index (χ1n) is 10.9. The second kappa shape index (κ2) is 8.60. The lowest BCUT2D eigenvalue weighted by atomic mass is 9.78. The van der Waals surface area contributed by atoms with Crippen LogP contribution in [-0.2, 0) is 4.79 Å². The van der Waals surface area contributed by atoms with Crippen LogP contribution in [-0.4, -0.2) is 23.9 Å². The molecule has 0 saturated carbocycles. The number of amides is 1. The van der Waals surface area contributed by atoms with E-state index in [1.165, 1.54) is 0 Å². The van der Waals surface area contributed by atoms with Gasteiger partial charge in [-0.3, -0.25) is 9.69 Å². The van der Waals surface area contributed by atoms with Gasteiger partial charge in [0.25, 0.3) is 0 Å². The lowest BCUT2D eigenvalue weighted by Gasteiger charge is -2.56. The Morgan fingerprint density at radius 3 is 2.53 bits per heavy atom. The van der Waals surface area contributed by atoms with E-state index in [1.54, 1.807) is 7.11 Å². The molecule has 2 heterocycles. The van der Waals surface area contributed by atoms with Gasteiger partial charge in [-0.1, -0.05) is 33.6 Å². The van der Waals surface area contributed by atoms with E-state index >= 15 is 0 Å². The number of carbonyl (C=O) groups is 1. The number of aryl methyl sites for hydroxylation is 1. The largest absolute Gasteiger partial charge is 0.497 e. The number of fused-ring (bicyclic) bond motifs is 4.